The van der Waals surface area contributed by atoms with E-state index >= 15 is 0 Å². The summed E-state index contributed by atoms with van der Waals surface area (Å²) in [7, 11) is 0. The van der Waals surface area contributed by atoms with E-state index in [1.54, 1.807) is 0 Å². The van der Waals surface area contributed by atoms with Crippen LogP contribution in [0.2, 0.25) is 0 Å². The molecule has 0 bridgehead atoms. The molecule has 2 N–H and O–H groups in total. The van der Waals surface area contributed by atoms with Gasteiger partial charge in [0.05, 0.1) is 0 Å². The van der Waals surface area contributed by atoms with Crippen molar-refractivity contribution < 1.29 is 4.74 Å². The normalized spacial score (nSPS) is 17.2. The van der Waals surface area contributed by atoms with Crippen LogP contribution in [0.4, 0.5) is 0 Å². The van der Waals surface area contributed by atoms with Gasteiger partial charge in [0.2, 0.25) is 0 Å². The Labute approximate surface area is 118 Å². The highest BCUT2D eigenvalue weighted by Crippen LogP contribution is 2.37. The maximum atomic E-state index is 5.94. The fourth-order valence-electron chi connectivity index (χ4n) is 2.34. The van der Waals surface area contributed by atoms with Gasteiger partial charge in [-0.15, -0.1) is 11.8 Å². The molecule has 0 radical (unpaired) electrons. The van der Waals surface area contributed by atoms with Crippen molar-refractivity contribution in [2.75, 3.05) is 6.61 Å². The van der Waals surface area contributed by atoms with Crippen LogP contribution in [0.5, 0.6) is 5.75 Å². The van der Waals surface area contributed by atoms with Crippen molar-refractivity contribution in [3.8, 4) is 5.75 Å². The summed E-state index contributed by atoms with van der Waals surface area (Å²) in [5.74, 6) is 0.918. The van der Waals surface area contributed by atoms with Crippen LogP contribution < -0.4 is 10.5 Å². The average Bonchev–Trinajstić information content (AvgIpc) is 2.88. The van der Waals surface area contributed by atoms with Crippen LogP contribution in [0.25, 0.3) is 0 Å². The van der Waals surface area contributed by atoms with Gasteiger partial charge in [0.15, 0.2) is 0 Å². The third-order valence-corrected chi connectivity index (χ3v) is 4.62. The molecule has 0 spiro atoms. The van der Waals surface area contributed by atoms with Gasteiger partial charge in [0.1, 0.15) is 12.4 Å². The quantitative estimate of drug-likeness (QED) is 0.927. The summed E-state index contributed by atoms with van der Waals surface area (Å²) < 4.78 is 5.94. The molecule has 0 saturated carbocycles. The van der Waals surface area contributed by atoms with E-state index in [4.69, 9.17) is 10.5 Å². The second kappa shape index (κ2) is 5.68. The minimum Gasteiger partial charge on any atom is -0.492 e. The molecule has 1 aliphatic heterocycles. The van der Waals surface area contributed by atoms with Crippen LogP contribution in [0, 0.1) is 0 Å². The first-order valence-electron chi connectivity index (χ1n) is 6.52. The highest BCUT2D eigenvalue weighted by atomic mass is 32.2. The standard InChI is InChI=1S/C16H17NOS/c17-10-13-6-1-3-7-15(13)18-11-14-9-12-5-2-4-8-16(12)19-14/h1-8,14H,9-11,17H2. The second-order valence-corrected chi connectivity index (χ2v) is 6.02. The number of thioether (sulfide) groups is 1. The van der Waals surface area contributed by atoms with E-state index < -0.39 is 0 Å². The van der Waals surface area contributed by atoms with Crippen LogP contribution in [-0.4, -0.2) is 11.9 Å². The zero-order chi connectivity index (χ0) is 13.1. The first kappa shape index (κ1) is 12.6. The van der Waals surface area contributed by atoms with Gasteiger partial charge in [0, 0.05) is 22.3 Å². The highest BCUT2D eigenvalue weighted by molar-refractivity contribution is 8.00. The minimum absolute atomic E-state index is 0.503. The lowest BCUT2D eigenvalue weighted by Gasteiger charge is -2.13. The maximum Gasteiger partial charge on any atom is 0.123 e. The van der Waals surface area contributed by atoms with E-state index in [2.05, 4.69) is 24.3 Å². The molecule has 1 unspecified atom stereocenters. The fraction of sp³-hybridized carbons (Fsp3) is 0.250. The van der Waals surface area contributed by atoms with Crippen molar-refractivity contribution >= 4 is 11.8 Å². The predicted molar refractivity (Wildman–Crippen MR) is 79.6 cm³/mol. The van der Waals surface area contributed by atoms with Crippen molar-refractivity contribution in [1.82, 2.24) is 0 Å². The van der Waals surface area contributed by atoms with Crippen molar-refractivity contribution in [3.05, 3.63) is 59.7 Å². The first-order valence-corrected chi connectivity index (χ1v) is 7.40. The lowest BCUT2D eigenvalue weighted by Crippen LogP contribution is -2.14. The molecule has 0 amide bonds. The number of benzene rings is 2. The van der Waals surface area contributed by atoms with E-state index in [-0.39, 0.29) is 0 Å². The lowest BCUT2D eigenvalue weighted by molar-refractivity contribution is 0.314. The maximum absolute atomic E-state index is 5.94. The molecule has 1 aliphatic rings. The highest BCUT2D eigenvalue weighted by Gasteiger charge is 2.22. The Bertz CT molecular complexity index is 545. The molecule has 3 rings (SSSR count). The van der Waals surface area contributed by atoms with Crippen LogP contribution >= 0.6 is 11.8 Å². The van der Waals surface area contributed by atoms with Gasteiger partial charge in [0.25, 0.3) is 0 Å². The van der Waals surface area contributed by atoms with E-state index in [0.717, 1.165) is 24.3 Å². The Kier molecular flexibility index (Phi) is 3.76. The number of para-hydroxylation sites is 1. The molecular weight excluding hydrogens is 254 g/mol. The van der Waals surface area contributed by atoms with Crippen LogP contribution in [-0.2, 0) is 13.0 Å². The number of hydrogen-bond acceptors (Lipinski definition) is 3. The van der Waals surface area contributed by atoms with Gasteiger partial charge >= 0.3 is 0 Å². The van der Waals surface area contributed by atoms with Gasteiger partial charge in [-0.25, -0.2) is 0 Å². The summed E-state index contributed by atoms with van der Waals surface area (Å²) in [6, 6.07) is 16.6. The monoisotopic (exact) mass is 271 g/mol. The van der Waals surface area contributed by atoms with Crippen LogP contribution in [0.3, 0.4) is 0 Å². The Balaban J connectivity index is 1.63. The molecule has 2 aromatic carbocycles. The van der Waals surface area contributed by atoms with Crippen molar-refractivity contribution in [2.24, 2.45) is 5.73 Å². The predicted octanol–water partition coefficient (Wildman–Crippen LogP) is 3.24. The smallest absolute Gasteiger partial charge is 0.123 e. The third-order valence-electron chi connectivity index (χ3n) is 3.33. The van der Waals surface area contributed by atoms with Gasteiger partial charge < -0.3 is 10.5 Å². The summed E-state index contributed by atoms with van der Waals surface area (Å²) in [6.07, 6.45) is 1.09. The molecule has 0 aliphatic carbocycles. The summed E-state index contributed by atoms with van der Waals surface area (Å²) in [6.45, 7) is 1.25. The second-order valence-electron chi connectivity index (χ2n) is 4.67. The number of nitrogens with two attached hydrogens (primary N) is 1. The molecule has 2 aromatic rings. The molecule has 98 valence electrons. The van der Waals surface area contributed by atoms with Gasteiger partial charge in [-0.1, -0.05) is 36.4 Å². The Hall–Kier alpha value is -1.45. The first-order chi connectivity index (χ1) is 9.36. The Morgan fingerprint density at radius 3 is 2.74 bits per heavy atom. The number of ether oxygens (including phenoxy) is 1. The number of hydrogen-bond donors (Lipinski definition) is 1. The molecule has 1 heterocycles. The minimum atomic E-state index is 0.503. The summed E-state index contributed by atoms with van der Waals surface area (Å²) in [5.41, 5.74) is 8.23. The van der Waals surface area contributed by atoms with E-state index in [1.807, 2.05) is 36.0 Å². The zero-order valence-electron chi connectivity index (χ0n) is 10.7. The zero-order valence-corrected chi connectivity index (χ0v) is 11.5. The van der Waals surface area contributed by atoms with Crippen LogP contribution in [0.1, 0.15) is 11.1 Å². The number of fused-ring (bicyclic) bond motifs is 1. The van der Waals surface area contributed by atoms with E-state index in [1.165, 1.54) is 10.5 Å². The summed E-state index contributed by atoms with van der Waals surface area (Å²) in [4.78, 5) is 1.39. The molecule has 3 heteroatoms. The molecule has 0 aromatic heterocycles. The van der Waals surface area contributed by atoms with Crippen molar-refractivity contribution in [2.45, 2.75) is 23.1 Å². The van der Waals surface area contributed by atoms with Crippen LogP contribution in [0.15, 0.2) is 53.4 Å². The molecular formula is C16H17NOS. The Morgan fingerprint density at radius 2 is 1.89 bits per heavy atom. The largest absolute Gasteiger partial charge is 0.492 e. The molecule has 0 saturated heterocycles. The SMILES string of the molecule is NCc1ccccc1OCC1Cc2ccccc2S1. The van der Waals surface area contributed by atoms with E-state index in [9.17, 15) is 0 Å². The van der Waals surface area contributed by atoms with E-state index in [0.29, 0.717) is 11.8 Å². The lowest BCUT2D eigenvalue weighted by atomic mass is 10.1. The number of rotatable bonds is 4. The van der Waals surface area contributed by atoms with Gasteiger partial charge in [-0.3, -0.25) is 0 Å². The summed E-state index contributed by atoms with van der Waals surface area (Å²) >= 11 is 1.91. The Morgan fingerprint density at radius 1 is 1.11 bits per heavy atom. The molecule has 2 nitrogen and oxygen atoms in total. The molecule has 1 atom stereocenters. The van der Waals surface area contributed by atoms with Gasteiger partial charge in [-0.05, 0) is 24.1 Å². The summed E-state index contributed by atoms with van der Waals surface area (Å²) in [5, 5.41) is 0.503. The van der Waals surface area contributed by atoms with Crippen molar-refractivity contribution in [3.63, 3.8) is 0 Å². The topological polar surface area (TPSA) is 35.2 Å². The average molecular weight is 271 g/mol. The fourth-order valence-corrected chi connectivity index (χ4v) is 3.56. The molecule has 19 heavy (non-hydrogen) atoms. The third kappa shape index (κ3) is 2.77. The van der Waals surface area contributed by atoms with Gasteiger partial charge in [-0.2, -0.15) is 0 Å². The van der Waals surface area contributed by atoms with Crippen molar-refractivity contribution in [1.29, 1.82) is 0 Å². The molecule has 0 fully saturated rings.